The number of aromatic nitrogens is 2. The number of nitrogens with one attached hydrogen (secondary N) is 1. The summed E-state index contributed by atoms with van der Waals surface area (Å²) in [6.45, 7) is 0.915. The summed E-state index contributed by atoms with van der Waals surface area (Å²) in [6.07, 6.45) is -6.24. The molecule has 3 rings (SSSR count). The number of ether oxygens (including phenoxy) is 1. The number of non-ortho nitro benzene ring substituents is 1. The zero-order valence-corrected chi connectivity index (χ0v) is 17.5. The number of anilines is 1. The normalized spacial score (nSPS) is 11.2. The number of hydrogen-bond donors (Lipinski definition) is 1. The molecule has 0 aliphatic rings. The van der Waals surface area contributed by atoms with Gasteiger partial charge in [0.25, 0.3) is 18.5 Å². The predicted molar refractivity (Wildman–Crippen MR) is 110 cm³/mol. The van der Waals surface area contributed by atoms with Crippen LogP contribution in [0.4, 0.5) is 28.9 Å². The van der Waals surface area contributed by atoms with Crippen molar-refractivity contribution in [1.29, 1.82) is 0 Å². The minimum Gasteiger partial charge on any atom is -0.457 e. The van der Waals surface area contributed by atoms with Gasteiger partial charge in [0.2, 0.25) is 5.91 Å². The van der Waals surface area contributed by atoms with Crippen LogP contribution in [-0.4, -0.2) is 20.6 Å². The number of alkyl halides is 4. The lowest BCUT2D eigenvalue weighted by molar-refractivity contribution is -0.384. The standard InChI is InChI=1S/C20H15ClF4N4O4/c1-10-4-13(2-3-15(10)21)33-14-6-11(5-12(7-14)29(31)32)26-18(30)9-28-17(20(24)25)8-16(27-28)19(22)23/h2-8,19-20H,9H2,1H3,(H,26,30). The van der Waals surface area contributed by atoms with Crippen LogP contribution in [0.3, 0.4) is 0 Å². The minimum absolute atomic E-state index is 0.00793. The van der Waals surface area contributed by atoms with E-state index in [1.165, 1.54) is 12.1 Å². The summed E-state index contributed by atoms with van der Waals surface area (Å²) in [5, 5.41) is 17.4. The van der Waals surface area contributed by atoms with Gasteiger partial charge in [-0.15, -0.1) is 0 Å². The van der Waals surface area contributed by atoms with Crippen molar-refractivity contribution < 1.29 is 32.0 Å². The number of rotatable bonds is 8. The van der Waals surface area contributed by atoms with Gasteiger partial charge in [0.1, 0.15) is 29.4 Å². The van der Waals surface area contributed by atoms with E-state index < -0.39 is 47.3 Å². The lowest BCUT2D eigenvalue weighted by Crippen LogP contribution is -2.21. The molecular weight excluding hydrogens is 472 g/mol. The summed E-state index contributed by atoms with van der Waals surface area (Å²) in [6, 6.07) is 8.65. The lowest BCUT2D eigenvalue weighted by Gasteiger charge is -2.11. The number of nitro benzene ring substituents is 1. The largest absolute Gasteiger partial charge is 0.457 e. The van der Waals surface area contributed by atoms with Crippen LogP contribution in [0.15, 0.2) is 42.5 Å². The van der Waals surface area contributed by atoms with E-state index in [4.69, 9.17) is 16.3 Å². The number of benzene rings is 2. The van der Waals surface area contributed by atoms with Crippen LogP contribution >= 0.6 is 11.6 Å². The maximum absolute atomic E-state index is 13.1. The molecule has 33 heavy (non-hydrogen) atoms. The molecule has 0 bridgehead atoms. The van der Waals surface area contributed by atoms with Crippen molar-refractivity contribution >= 4 is 28.9 Å². The Hall–Kier alpha value is -3.67. The van der Waals surface area contributed by atoms with Gasteiger partial charge in [-0.05, 0) is 36.8 Å². The number of nitro groups is 1. The van der Waals surface area contributed by atoms with E-state index in [0.717, 1.165) is 12.1 Å². The third-order valence-corrected chi connectivity index (χ3v) is 4.75. The molecule has 0 saturated heterocycles. The van der Waals surface area contributed by atoms with Crippen LogP contribution in [0, 0.1) is 17.0 Å². The Morgan fingerprint density at radius 1 is 1.15 bits per heavy atom. The van der Waals surface area contributed by atoms with E-state index in [0.29, 0.717) is 27.1 Å². The molecule has 13 heteroatoms. The van der Waals surface area contributed by atoms with Crippen LogP contribution in [0.1, 0.15) is 29.8 Å². The van der Waals surface area contributed by atoms with Gasteiger partial charge in [-0.25, -0.2) is 17.6 Å². The second-order valence-corrected chi connectivity index (χ2v) is 7.19. The Labute approximate surface area is 188 Å². The van der Waals surface area contributed by atoms with Gasteiger partial charge in [0.05, 0.1) is 16.7 Å². The third kappa shape index (κ3) is 5.98. The molecule has 0 atom stereocenters. The predicted octanol–water partition coefficient (Wildman–Crippen LogP) is 6.06. The fraction of sp³-hybridized carbons (Fsp3) is 0.200. The smallest absolute Gasteiger partial charge is 0.282 e. The minimum atomic E-state index is -3.14. The Morgan fingerprint density at radius 2 is 1.88 bits per heavy atom. The summed E-state index contributed by atoms with van der Waals surface area (Å²) in [5.41, 5.74) is -1.55. The number of aryl methyl sites for hydroxylation is 1. The average Bonchev–Trinajstić information content (AvgIpc) is 3.15. The first kappa shape index (κ1) is 24.0. The number of carbonyl (C=O) groups excluding carboxylic acids is 1. The van der Waals surface area contributed by atoms with Crippen molar-refractivity contribution in [3.8, 4) is 11.5 Å². The highest BCUT2D eigenvalue weighted by molar-refractivity contribution is 6.31. The van der Waals surface area contributed by atoms with Crippen LogP contribution in [-0.2, 0) is 11.3 Å². The molecule has 0 aliphatic heterocycles. The van der Waals surface area contributed by atoms with Gasteiger partial charge in [0, 0.05) is 17.2 Å². The summed E-state index contributed by atoms with van der Waals surface area (Å²) >= 11 is 5.96. The first-order valence-corrected chi connectivity index (χ1v) is 9.58. The Kier molecular flexibility index (Phi) is 7.16. The van der Waals surface area contributed by atoms with E-state index in [1.807, 2.05) is 0 Å². The number of carbonyl (C=O) groups is 1. The molecule has 1 aromatic heterocycles. The zero-order valence-electron chi connectivity index (χ0n) is 16.8. The molecule has 0 aliphatic carbocycles. The molecule has 1 amide bonds. The van der Waals surface area contributed by atoms with Crippen LogP contribution in [0.2, 0.25) is 5.02 Å². The fourth-order valence-electron chi connectivity index (χ4n) is 2.83. The van der Waals surface area contributed by atoms with E-state index in [-0.39, 0.29) is 11.4 Å². The number of hydrogen-bond acceptors (Lipinski definition) is 5. The summed E-state index contributed by atoms with van der Waals surface area (Å²) in [4.78, 5) is 22.9. The monoisotopic (exact) mass is 486 g/mol. The van der Waals surface area contributed by atoms with Crippen molar-refractivity contribution in [3.05, 3.63) is 74.6 Å². The van der Waals surface area contributed by atoms with E-state index in [9.17, 15) is 32.5 Å². The van der Waals surface area contributed by atoms with E-state index >= 15 is 0 Å². The van der Waals surface area contributed by atoms with E-state index in [2.05, 4.69) is 10.4 Å². The summed E-state index contributed by atoms with van der Waals surface area (Å²) in [5.74, 6) is -0.588. The zero-order chi connectivity index (χ0) is 24.3. The van der Waals surface area contributed by atoms with Crippen molar-refractivity contribution in [2.75, 3.05) is 5.32 Å². The maximum Gasteiger partial charge on any atom is 0.282 e. The number of nitrogens with zero attached hydrogens (tertiary/aromatic N) is 3. The SMILES string of the molecule is Cc1cc(Oc2cc(NC(=O)Cn3nc(C(F)F)cc3C(F)F)cc([N+](=O)[O-])c2)ccc1Cl. The average molecular weight is 487 g/mol. The Morgan fingerprint density at radius 3 is 2.48 bits per heavy atom. The number of amides is 1. The first-order chi connectivity index (χ1) is 15.5. The molecule has 1 heterocycles. The molecule has 174 valence electrons. The Balaban J connectivity index is 1.83. The second kappa shape index (κ2) is 9.86. The number of halogens is 5. The topological polar surface area (TPSA) is 99.3 Å². The van der Waals surface area contributed by atoms with Gasteiger partial charge in [-0.3, -0.25) is 19.6 Å². The van der Waals surface area contributed by atoms with E-state index in [1.54, 1.807) is 19.1 Å². The molecule has 0 fully saturated rings. The van der Waals surface area contributed by atoms with Crippen molar-refractivity contribution in [1.82, 2.24) is 9.78 Å². The molecule has 3 aromatic rings. The van der Waals surface area contributed by atoms with Crippen LogP contribution in [0.25, 0.3) is 0 Å². The highest BCUT2D eigenvalue weighted by Gasteiger charge is 2.23. The molecule has 0 radical (unpaired) electrons. The molecule has 0 unspecified atom stereocenters. The molecule has 8 nitrogen and oxygen atoms in total. The molecule has 1 N–H and O–H groups in total. The van der Waals surface area contributed by atoms with Gasteiger partial charge in [-0.2, -0.15) is 5.10 Å². The molecule has 0 spiro atoms. The highest BCUT2D eigenvalue weighted by Crippen LogP contribution is 2.31. The Bertz CT molecular complexity index is 1200. The van der Waals surface area contributed by atoms with Crippen LogP contribution in [0.5, 0.6) is 11.5 Å². The lowest BCUT2D eigenvalue weighted by atomic mass is 10.2. The molecule has 0 saturated carbocycles. The summed E-state index contributed by atoms with van der Waals surface area (Å²) in [7, 11) is 0. The molecule has 2 aromatic carbocycles. The highest BCUT2D eigenvalue weighted by atomic mass is 35.5. The van der Waals surface area contributed by atoms with Gasteiger partial charge in [0.15, 0.2) is 0 Å². The van der Waals surface area contributed by atoms with Crippen LogP contribution < -0.4 is 10.1 Å². The van der Waals surface area contributed by atoms with Crippen molar-refractivity contribution in [2.24, 2.45) is 0 Å². The fourth-order valence-corrected chi connectivity index (χ4v) is 2.95. The van der Waals surface area contributed by atoms with Gasteiger partial charge in [-0.1, -0.05) is 11.6 Å². The maximum atomic E-state index is 13.1. The third-order valence-electron chi connectivity index (χ3n) is 4.32. The van der Waals surface area contributed by atoms with Gasteiger partial charge >= 0.3 is 0 Å². The van der Waals surface area contributed by atoms with Gasteiger partial charge < -0.3 is 10.1 Å². The van der Waals surface area contributed by atoms with Crippen molar-refractivity contribution in [2.45, 2.75) is 26.3 Å². The summed E-state index contributed by atoms with van der Waals surface area (Å²) < 4.78 is 57.8. The quantitative estimate of drug-likeness (QED) is 0.237. The second-order valence-electron chi connectivity index (χ2n) is 6.79. The first-order valence-electron chi connectivity index (χ1n) is 9.20. The molecular formula is C20H15ClF4N4O4. The van der Waals surface area contributed by atoms with Crippen molar-refractivity contribution in [3.63, 3.8) is 0 Å².